The molecule has 2 N–H and O–H groups in total. The van der Waals surface area contributed by atoms with Crippen molar-refractivity contribution in [2.24, 2.45) is 0 Å². The number of nitrogens with zero attached hydrogens (tertiary/aromatic N) is 4. The summed E-state index contributed by atoms with van der Waals surface area (Å²) >= 11 is 0. The predicted molar refractivity (Wildman–Crippen MR) is 127 cm³/mol. The van der Waals surface area contributed by atoms with Crippen LogP contribution in [-0.2, 0) is 6.54 Å². The molecule has 0 atom stereocenters. The molecule has 4 aromatic rings. The van der Waals surface area contributed by atoms with E-state index in [1.54, 1.807) is 12.3 Å². The minimum atomic E-state index is -0.150. The molecule has 1 aliphatic rings. The zero-order chi connectivity index (χ0) is 21.9. The summed E-state index contributed by atoms with van der Waals surface area (Å²) in [5.74, 6) is 0.580. The number of carbonyl (C=O) groups excluding carboxylic acids is 1. The van der Waals surface area contributed by atoms with Crippen LogP contribution in [0.4, 0.5) is 5.69 Å². The van der Waals surface area contributed by atoms with Crippen LogP contribution < -0.4 is 10.2 Å². The molecular formula is C25H26N6O. The van der Waals surface area contributed by atoms with E-state index >= 15 is 0 Å². The molecule has 1 saturated heterocycles. The Hall–Kier alpha value is -3.71. The summed E-state index contributed by atoms with van der Waals surface area (Å²) in [5.41, 5.74) is 5.43. The zero-order valence-electron chi connectivity index (χ0n) is 18.1. The van der Waals surface area contributed by atoms with Crippen LogP contribution in [0.15, 0.2) is 66.9 Å². The largest absolute Gasteiger partial charge is 0.369 e. The summed E-state index contributed by atoms with van der Waals surface area (Å²) in [6, 6.07) is 19.8. The molecule has 1 fully saturated rings. The van der Waals surface area contributed by atoms with Gasteiger partial charge in [-0.3, -0.25) is 9.78 Å². The van der Waals surface area contributed by atoms with E-state index in [9.17, 15) is 4.79 Å². The number of hydrogen-bond acceptors (Lipinski definition) is 5. The minimum Gasteiger partial charge on any atom is -0.369 e. The lowest BCUT2D eigenvalue weighted by molar-refractivity contribution is 0.0950. The highest BCUT2D eigenvalue weighted by Crippen LogP contribution is 2.23. The molecular weight excluding hydrogens is 400 g/mol. The highest BCUT2D eigenvalue weighted by Gasteiger charge is 2.15. The lowest BCUT2D eigenvalue weighted by Crippen LogP contribution is -2.44. The van der Waals surface area contributed by atoms with Crippen molar-refractivity contribution >= 4 is 22.6 Å². The number of benzene rings is 2. The maximum Gasteiger partial charge on any atom is 0.251 e. The summed E-state index contributed by atoms with van der Waals surface area (Å²) < 4.78 is 0. The molecule has 0 aliphatic carbocycles. The Morgan fingerprint density at radius 2 is 1.81 bits per heavy atom. The molecule has 0 radical (unpaired) electrons. The monoisotopic (exact) mass is 426 g/mol. The van der Waals surface area contributed by atoms with E-state index in [2.05, 4.69) is 61.4 Å². The number of aromatic amines is 1. The lowest BCUT2D eigenvalue weighted by atomic mass is 10.1. The number of aromatic nitrogens is 3. The van der Waals surface area contributed by atoms with Crippen molar-refractivity contribution in [2.45, 2.75) is 6.54 Å². The topological polar surface area (TPSA) is 77.1 Å². The number of hydrogen-bond donors (Lipinski definition) is 2. The van der Waals surface area contributed by atoms with Crippen LogP contribution in [0.25, 0.3) is 22.3 Å². The smallest absolute Gasteiger partial charge is 0.251 e. The Morgan fingerprint density at radius 3 is 2.59 bits per heavy atom. The number of nitrogens with one attached hydrogen (secondary N) is 2. The number of fused-ring (bicyclic) bond motifs is 1. The number of likely N-dealkylation sites (N-methyl/N-ethyl adjacent to an activating group) is 1. The molecule has 1 amide bonds. The van der Waals surface area contributed by atoms with Crippen molar-refractivity contribution in [3.05, 3.63) is 78.2 Å². The molecule has 2 aromatic heterocycles. The van der Waals surface area contributed by atoms with Gasteiger partial charge < -0.3 is 20.1 Å². The van der Waals surface area contributed by atoms with Gasteiger partial charge in [0.15, 0.2) is 0 Å². The third-order valence-electron chi connectivity index (χ3n) is 5.91. The van der Waals surface area contributed by atoms with E-state index in [1.807, 2.05) is 30.3 Å². The van der Waals surface area contributed by atoms with E-state index in [4.69, 9.17) is 0 Å². The van der Waals surface area contributed by atoms with Gasteiger partial charge in [-0.15, -0.1) is 0 Å². The second-order valence-corrected chi connectivity index (χ2v) is 8.15. The van der Waals surface area contributed by atoms with Gasteiger partial charge in [0.25, 0.3) is 5.91 Å². The first-order valence-corrected chi connectivity index (χ1v) is 10.9. The van der Waals surface area contributed by atoms with E-state index in [0.717, 1.165) is 54.3 Å². The van der Waals surface area contributed by atoms with Crippen molar-refractivity contribution in [1.29, 1.82) is 0 Å². The van der Waals surface area contributed by atoms with Gasteiger partial charge in [0.2, 0.25) is 0 Å². The van der Waals surface area contributed by atoms with E-state index in [1.165, 1.54) is 5.69 Å². The first kappa shape index (κ1) is 20.2. The number of anilines is 1. The van der Waals surface area contributed by atoms with Gasteiger partial charge in [-0.25, -0.2) is 4.98 Å². The first-order valence-electron chi connectivity index (χ1n) is 10.9. The number of para-hydroxylation sites is 2. The molecule has 3 heterocycles. The van der Waals surface area contributed by atoms with Gasteiger partial charge in [0.05, 0.1) is 23.3 Å². The minimum absolute atomic E-state index is 0.150. The second-order valence-electron chi connectivity index (χ2n) is 8.15. The van der Waals surface area contributed by atoms with Crippen molar-refractivity contribution in [3.63, 3.8) is 0 Å². The zero-order valence-corrected chi connectivity index (χ0v) is 18.1. The van der Waals surface area contributed by atoms with Gasteiger partial charge in [-0.05, 0) is 43.4 Å². The number of amides is 1. The Balaban J connectivity index is 1.26. The van der Waals surface area contributed by atoms with Gasteiger partial charge in [-0.2, -0.15) is 0 Å². The summed E-state index contributed by atoms with van der Waals surface area (Å²) in [7, 11) is 2.16. The van der Waals surface area contributed by atoms with E-state index in [0.29, 0.717) is 12.1 Å². The Bertz CT molecular complexity index is 1190. The quantitative estimate of drug-likeness (QED) is 0.512. The SMILES string of the molecule is CN1CCN(c2ccc(-c3cc(C(=O)NCc4nc5ccccc5[nH]4)ccn3)cc2)CC1. The number of carbonyl (C=O) groups is 1. The molecule has 7 nitrogen and oxygen atoms in total. The number of piperazine rings is 1. The predicted octanol–water partition coefficient (Wildman–Crippen LogP) is 3.31. The third kappa shape index (κ3) is 4.33. The molecule has 32 heavy (non-hydrogen) atoms. The van der Waals surface area contributed by atoms with Crippen molar-refractivity contribution in [3.8, 4) is 11.3 Å². The first-order chi connectivity index (χ1) is 15.7. The van der Waals surface area contributed by atoms with Crippen molar-refractivity contribution in [1.82, 2.24) is 25.2 Å². The Kier molecular flexibility index (Phi) is 5.56. The fraction of sp³-hybridized carbons (Fsp3) is 0.240. The number of pyridine rings is 1. The van der Waals surface area contributed by atoms with Crippen LogP contribution in [0.3, 0.4) is 0 Å². The summed E-state index contributed by atoms with van der Waals surface area (Å²) in [6.07, 6.45) is 1.68. The molecule has 2 aromatic carbocycles. The highest BCUT2D eigenvalue weighted by atomic mass is 16.1. The summed E-state index contributed by atoms with van der Waals surface area (Å²) in [5, 5.41) is 2.94. The second kappa shape index (κ2) is 8.80. The van der Waals surface area contributed by atoms with Gasteiger partial charge in [-0.1, -0.05) is 24.3 Å². The maximum absolute atomic E-state index is 12.7. The van der Waals surface area contributed by atoms with Gasteiger partial charge in [0, 0.05) is 49.2 Å². The molecule has 7 heteroatoms. The molecule has 0 spiro atoms. The van der Waals surface area contributed by atoms with Crippen LogP contribution in [-0.4, -0.2) is 59.0 Å². The van der Waals surface area contributed by atoms with Crippen LogP contribution in [0.1, 0.15) is 16.2 Å². The number of H-pyrrole nitrogens is 1. The van der Waals surface area contributed by atoms with Crippen molar-refractivity contribution < 1.29 is 4.79 Å². The highest BCUT2D eigenvalue weighted by molar-refractivity contribution is 5.95. The molecule has 0 saturated carbocycles. The maximum atomic E-state index is 12.7. The molecule has 162 valence electrons. The van der Waals surface area contributed by atoms with Gasteiger partial charge in [0.1, 0.15) is 5.82 Å². The molecule has 5 rings (SSSR count). The fourth-order valence-electron chi connectivity index (χ4n) is 3.99. The van der Waals surface area contributed by atoms with Crippen LogP contribution in [0, 0.1) is 0 Å². The Morgan fingerprint density at radius 1 is 1.03 bits per heavy atom. The van der Waals surface area contributed by atoms with Crippen molar-refractivity contribution in [2.75, 3.05) is 38.1 Å². The van der Waals surface area contributed by atoms with Crippen LogP contribution >= 0.6 is 0 Å². The Labute approximate surface area is 187 Å². The standard InChI is InChI=1S/C25H26N6O/c1-30-12-14-31(15-13-30)20-8-6-18(7-9-20)23-16-19(10-11-26-23)25(32)27-17-24-28-21-4-2-3-5-22(21)29-24/h2-11,16H,12-15,17H2,1H3,(H,27,32)(H,28,29). The summed E-state index contributed by atoms with van der Waals surface area (Å²) in [4.78, 5) is 29.7. The summed E-state index contributed by atoms with van der Waals surface area (Å²) in [6.45, 7) is 4.57. The normalized spacial score (nSPS) is 14.6. The molecule has 1 aliphatic heterocycles. The van der Waals surface area contributed by atoms with E-state index < -0.39 is 0 Å². The molecule has 0 bridgehead atoms. The van der Waals surface area contributed by atoms with Crippen LogP contribution in [0.5, 0.6) is 0 Å². The van der Waals surface area contributed by atoms with Crippen LogP contribution in [0.2, 0.25) is 0 Å². The number of imidazole rings is 1. The average Bonchev–Trinajstić information content (AvgIpc) is 3.26. The molecule has 0 unspecified atom stereocenters. The van der Waals surface area contributed by atoms with E-state index in [-0.39, 0.29) is 5.91 Å². The fourth-order valence-corrected chi connectivity index (χ4v) is 3.99. The van der Waals surface area contributed by atoms with Gasteiger partial charge >= 0.3 is 0 Å². The number of rotatable bonds is 5. The third-order valence-corrected chi connectivity index (χ3v) is 5.91. The lowest BCUT2D eigenvalue weighted by Gasteiger charge is -2.34. The average molecular weight is 427 g/mol.